The van der Waals surface area contributed by atoms with Crippen LogP contribution in [0.3, 0.4) is 0 Å². The smallest absolute Gasteiger partial charge is 0.202 e. The highest BCUT2D eigenvalue weighted by molar-refractivity contribution is 5.98. The number of ether oxygens (including phenoxy) is 1. The van der Waals surface area contributed by atoms with E-state index in [1.54, 1.807) is 30.5 Å². The second-order valence-electron chi connectivity index (χ2n) is 6.46. The molecule has 5 nitrogen and oxygen atoms in total. The molecule has 140 valence electrons. The number of hydrogen-bond donors (Lipinski definition) is 0. The first-order valence-electron chi connectivity index (χ1n) is 8.98. The molecular formula is C22H23NO4. The van der Waals surface area contributed by atoms with Crippen LogP contribution in [0.5, 0.6) is 5.75 Å². The fourth-order valence-corrected chi connectivity index (χ4v) is 3.05. The first kappa shape index (κ1) is 18.7. The summed E-state index contributed by atoms with van der Waals surface area (Å²) in [6, 6.07) is 12.5. The van der Waals surface area contributed by atoms with Crippen LogP contribution in [-0.4, -0.2) is 22.7 Å². The summed E-state index contributed by atoms with van der Waals surface area (Å²) in [5, 5.41) is 0. The molecule has 0 N–H and O–H groups in total. The lowest BCUT2D eigenvalue weighted by molar-refractivity contribution is 0.0919. The van der Waals surface area contributed by atoms with E-state index >= 15 is 0 Å². The molecule has 3 aromatic rings. The number of nitrogens with zero attached hydrogens (tertiary/aromatic N) is 1. The van der Waals surface area contributed by atoms with Crippen molar-refractivity contribution in [1.29, 1.82) is 0 Å². The Morgan fingerprint density at radius 2 is 1.81 bits per heavy atom. The van der Waals surface area contributed by atoms with Crippen molar-refractivity contribution in [3.63, 3.8) is 0 Å². The van der Waals surface area contributed by atoms with Gasteiger partial charge in [0.05, 0.1) is 12.8 Å². The van der Waals surface area contributed by atoms with Crippen molar-refractivity contribution in [2.24, 2.45) is 0 Å². The molecule has 1 aromatic carbocycles. The molecule has 0 amide bonds. The van der Waals surface area contributed by atoms with Crippen molar-refractivity contribution >= 4 is 11.6 Å². The van der Waals surface area contributed by atoms with Crippen molar-refractivity contribution in [2.45, 2.75) is 33.7 Å². The molecule has 5 heteroatoms. The van der Waals surface area contributed by atoms with E-state index in [1.807, 2.05) is 39.0 Å². The van der Waals surface area contributed by atoms with Crippen LogP contribution in [0, 0.1) is 13.8 Å². The summed E-state index contributed by atoms with van der Waals surface area (Å²) >= 11 is 0. The predicted octanol–water partition coefficient (Wildman–Crippen LogP) is 4.60. The molecule has 3 rings (SSSR count). The largest absolute Gasteiger partial charge is 0.485 e. The number of benzene rings is 1. The van der Waals surface area contributed by atoms with Gasteiger partial charge in [0.1, 0.15) is 11.5 Å². The van der Waals surface area contributed by atoms with Gasteiger partial charge in [-0.15, -0.1) is 0 Å². The van der Waals surface area contributed by atoms with Gasteiger partial charge in [-0.05, 0) is 56.3 Å². The van der Waals surface area contributed by atoms with Crippen molar-refractivity contribution in [1.82, 2.24) is 4.57 Å². The Morgan fingerprint density at radius 3 is 2.44 bits per heavy atom. The van der Waals surface area contributed by atoms with Gasteiger partial charge >= 0.3 is 0 Å². The fourth-order valence-electron chi connectivity index (χ4n) is 3.05. The summed E-state index contributed by atoms with van der Waals surface area (Å²) in [6.45, 7) is 6.26. The molecule has 0 aliphatic carbocycles. The molecule has 27 heavy (non-hydrogen) atoms. The molecule has 0 spiro atoms. The van der Waals surface area contributed by atoms with Gasteiger partial charge in [-0.2, -0.15) is 0 Å². The third kappa shape index (κ3) is 4.19. The highest BCUT2D eigenvalue weighted by Crippen LogP contribution is 2.19. The Balaban J connectivity index is 1.67. The minimum absolute atomic E-state index is 0.0495. The number of furan rings is 1. The number of rotatable bonds is 8. The molecule has 0 radical (unpaired) electrons. The van der Waals surface area contributed by atoms with E-state index < -0.39 is 0 Å². The highest BCUT2D eigenvalue weighted by atomic mass is 16.5. The number of carbonyl (C=O) groups excluding carboxylic acids is 2. The zero-order chi connectivity index (χ0) is 19.4. The SMILES string of the molecule is CCC(=O)c1ccc(OCC(=O)c2cc(C)n(Cc3ccco3)c2C)cc1. The third-order valence-electron chi connectivity index (χ3n) is 4.64. The summed E-state index contributed by atoms with van der Waals surface area (Å²) in [5.74, 6) is 1.42. The average Bonchev–Trinajstić information content (AvgIpc) is 3.29. The minimum atomic E-state index is -0.0810. The molecule has 0 aliphatic rings. The normalized spacial score (nSPS) is 10.8. The fraction of sp³-hybridized carbons (Fsp3) is 0.273. The number of aromatic nitrogens is 1. The van der Waals surface area contributed by atoms with Crippen LogP contribution in [0.15, 0.2) is 53.1 Å². The zero-order valence-corrected chi connectivity index (χ0v) is 15.8. The Morgan fingerprint density at radius 1 is 1.07 bits per heavy atom. The maximum Gasteiger partial charge on any atom is 0.202 e. The lowest BCUT2D eigenvalue weighted by Gasteiger charge is -2.09. The second kappa shape index (κ2) is 8.08. The van der Waals surface area contributed by atoms with E-state index in [4.69, 9.17) is 9.15 Å². The number of aryl methyl sites for hydroxylation is 1. The van der Waals surface area contributed by atoms with Crippen LogP contribution < -0.4 is 4.74 Å². The van der Waals surface area contributed by atoms with Gasteiger partial charge in [-0.3, -0.25) is 9.59 Å². The number of Topliss-reactive ketones (excluding diaryl/α,β-unsaturated/α-hetero) is 2. The lowest BCUT2D eigenvalue weighted by Crippen LogP contribution is -2.13. The van der Waals surface area contributed by atoms with E-state index in [2.05, 4.69) is 4.57 Å². The van der Waals surface area contributed by atoms with Crippen LogP contribution in [-0.2, 0) is 6.54 Å². The quantitative estimate of drug-likeness (QED) is 0.547. The van der Waals surface area contributed by atoms with Crippen LogP contribution in [0.2, 0.25) is 0 Å². The van der Waals surface area contributed by atoms with Crippen molar-refractivity contribution in [2.75, 3.05) is 6.61 Å². The molecule has 2 heterocycles. The maximum absolute atomic E-state index is 12.6. The Hall–Kier alpha value is -3.08. The molecular weight excluding hydrogens is 342 g/mol. The van der Waals surface area contributed by atoms with Gasteiger partial charge in [-0.1, -0.05) is 6.92 Å². The zero-order valence-electron chi connectivity index (χ0n) is 15.8. The van der Waals surface area contributed by atoms with E-state index in [-0.39, 0.29) is 18.2 Å². The maximum atomic E-state index is 12.6. The molecule has 0 bridgehead atoms. The van der Waals surface area contributed by atoms with Crippen LogP contribution in [0.1, 0.15) is 51.2 Å². The molecule has 0 saturated heterocycles. The van der Waals surface area contributed by atoms with Crippen molar-refractivity contribution in [3.8, 4) is 5.75 Å². The van der Waals surface area contributed by atoms with Gasteiger partial charge in [0.2, 0.25) is 5.78 Å². The first-order chi connectivity index (χ1) is 13.0. The third-order valence-corrected chi connectivity index (χ3v) is 4.64. The number of hydrogen-bond acceptors (Lipinski definition) is 4. The Bertz CT molecular complexity index is 934. The standard InChI is InChI=1S/C22H23NO4/c1-4-21(24)17-7-9-18(10-8-17)27-14-22(25)20-12-15(2)23(16(20)3)13-19-6-5-11-26-19/h5-12H,4,13-14H2,1-3H3. The van der Waals surface area contributed by atoms with E-state index in [0.717, 1.165) is 17.1 Å². The van der Waals surface area contributed by atoms with E-state index in [0.29, 0.717) is 29.8 Å². The van der Waals surface area contributed by atoms with Gasteiger partial charge < -0.3 is 13.7 Å². The Labute approximate surface area is 158 Å². The van der Waals surface area contributed by atoms with Crippen molar-refractivity contribution in [3.05, 3.63) is 77.0 Å². The molecule has 0 saturated carbocycles. The van der Waals surface area contributed by atoms with Gasteiger partial charge in [0, 0.05) is 28.9 Å². The number of ketones is 2. The summed E-state index contributed by atoms with van der Waals surface area (Å²) in [6.07, 6.45) is 2.11. The minimum Gasteiger partial charge on any atom is -0.485 e. The van der Waals surface area contributed by atoms with Gasteiger partial charge in [0.15, 0.2) is 12.4 Å². The highest BCUT2D eigenvalue weighted by Gasteiger charge is 2.17. The summed E-state index contributed by atoms with van der Waals surface area (Å²) in [5.41, 5.74) is 3.19. The Kier molecular flexibility index (Phi) is 5.60. The van der Waals surface area contributed by atoms with Gasteiger partial charge in [0.25, 0.3) is 0 Å². The average molecular weight is 365 g/mol. The monoisotopic (exact) mass is 365 g/mol. The molecule has 0 atom stereocenters. The molecule has 2 aromatic heterocycles. The molecule has 0 aliphatic heterocycles. The summed E-state index contributed by atoms with van der Waals surface area (Å²) in [4.78, 5) is 24.3. The van der Waals surface area contributed by atoms with Gasteiger partial charge in [-0.25, -0.2) is 0 Å². The topological polar surface area (TPSA) is 61.4 Å². The van der Waals surface area contributed by atoms with Crippen LogP contribution >= 0.6 is 0 Å². The van der Waals surface area contributed by atoms with E-state index in [1.165, 1.54) is 0 Å². The van der Waals surface area contributed by atoms with Crippen LogP contribution in [0.4, 0.5) is 0 Å². The predicted molar refractivity (Wildman–Crippen MR) is 103 cm³/mol. The van der Waals surface area contributed by atoms with Crippen LogP contribution in [0.25, 0.3) is 0 Å². The van der Waals surface area contributed by atoms with E-state index in [9.17, 15) is 9.59 Å². The lowest BCUT2D eigenvalue weighted by atomic mass is 10.1. The summed E-state index contributed by atoms with van der Waals surface area (Å²) in [7, 11) is 0. The second-order valence-corrected chi connectivity index (χ2v) is 6.46. The molecule has 0 fully saturated rings. The summed E-state index contributed by atoms with van der Waals surface area (Å²) < 4.78 is 13.1. The molecule has 0 unspecified atom stereocenters. The number of carbonyl (C=O) groups is 2. The first-order valence-corrected chi connectivity index (χ1v) is 8.98. The van der Waals surface area contributed by atoms with Crippen molar-refractivity contribution < 1.29 is 18.7 Å².